The molecule has 0 heterocycles. The maximum Gasteiger partial charge on any atom is -0.00262 e. The Morgan fingerprint density at radius 1 is 0.789 bits per heavy atom. The summed E-state index contributed by atoms with van der Waals surface area (Å²) >= 11 is 0. The molecule has 0 radical (unpaired) electrons. The molecular formula is C19H14. The highest BCUT2D eigenvalue weighted by Gasteiger charge is 2.20. The van der Waals surface area contributed by atoms with Crippen LogP contribution in [0.2, 0.25) is 0 Å². The second-order valence-corrected chi connectivity index (χ2v) is 5.09. The van der Waals surface area contributed by atoms with Crippen molar-refractivity contribution in [2.24, 2.45) is 0 Å². The molecule has 0 saturated carbocycles. The fourth-order valence-corrected chi connectivity index (χ4v) is 3.16. The molecule has 0 atom stereocenters. The Balaban J connectivity index is 2.15. The molecule has 0 unspecified atom stereocenters. The summed E-state index contributed by atoms with van der Waals surface area (Å²) in [6, 6.07) is 19.9. The fourth-order valence-electron chi connectivity index (χ4n) is 3.16. The highest BCUT2D eigenvalue weighted by Crippen LogP contribution is 2.47. The number of hydrogen-bond acceptors (Lipinski definition) is 0. The van der Waals surface area contributed by atoms with Crippen LogP contribution in [-0.4, -0.2) is 0 Å². The highest BCUT2D eigenvalue weighted by molar-refractivity contribution is 6.15. The molecule has 0 bridgehead atoms. The first-order valence-corrected chi connectivity index (χ1v) is 6.65. The summed E-state index contributed by atoms with van der Waals surface area (Å²) in [7, 11) is 0. The van der Waals surface area contributed by atoms with Crippen LogP contribution in [0.4, 0.5) is 0 Å². The molecule has 0 fully saturated rings. The normalized spacial score (nSPS) is 11.6. The third-order valence-corrected chi connectivity index (χ3v) is 3.92. The lowest BCUT2D eigenvalue weighted by atomic mass is 9.98. The second kappa shape index (κ2) is 3.83. The van der Waals surface area contributed by atoms with E-state index >= 15 is 0 Å². The van der Waals surface area contributed by atoms with Crippen LogP contribution >= 0.6 is 0 Å². The Bertz CT molecular complexity index is 809. The molecule has 0 aromatic heterocycles. The number of hydrogen-bond donors (Lipinski definition) is 0. The van der Waals surface area contributed by atoms with Crippen LogP contribution in [0.3, 0.4) is 0 Å². The number of allylic oxidation sites excluding steroid dienone is 1. The number of benzene rings is 3. The van der Waals surface area contributed by atoms with Gasteiger partial charge in [0, 0.05) is 0 Å². The lowest BCUT2D eigenvalue weighted by Crippen LogP contribution is -1.84. The van der Waals surface area contributed by atoms with Gasteiger partial charge in [-0.2, -0.15) is 0 Å². The van der Waals surface area contributed by atoms with Crippen LogP contribution in [0.15, 0.2) is 67.3 Å². The quantitative estimate of drug-likeness (QED) is 0.423. The van der Waals surface area contributed by atoms with Gasteiger partial charge >= 0.3 is 0 Å². The summed E-state index contributed by atoms with van der Waals surface area (Å²) in [5, 5.41) is 2.74. The minimum Gasteiger partial charge on any atom is -0.103 e. The fraction of sp³-hybridized carbons (Fsp3) is 0.0526. The Kier molecular flexibility index (Phi) is 2.13. The monoisotopic (exact) mass is 242 g/mol. The zero-order valence-corrected chi connectivity index (χ0v) is 10.7. The Labute approximate surface area is 113 Å². The zero-order chi connectivity index (χ0) is 12.8. The summed E-state index contributed by atoms with van der Waals surface area (Å²) in [6.45, 7) is 3.85. The van der Waals surface area contributed by atoms with Crippen molar-refractivity contribution < 1.29 is 0 Å². The van der Waals surface area contributed by atoms with E-state index in [2.05, 4.69) is 61.2 Å². The molecule has 3 aromatic rings. The van der Waals surface area contributed by atoms with E-state index in [1.54, 1.807) is 0 Å². The molecule has 90 valence electrons. The van der Waals surface area contributed by atoms with Gasteiger partial charge in [-0.25, -0.2) is 0 Å². The standard InChI is InChI=1S/C19H14/c1-2-6-13-11-14-7-5-10-17-15-8-3-4-9-16(15)18(12-13)19(14)17/h2-5,7-12H,1,6H2. The van der Waals surface area contributed by atoms with Crippen molar-refractivity contribution in [1.82, 2.24) is 0 Å². The molecular weight excluding hydrogens is 228 g/mol. The van der Waals surface area contributed by atoms with Gasteiger partial charge in [0.05, 0.1) is 0 Å². The maximum absolute atomic E-state index is 3.85. The number of fused-ring (bicyclic) bond motifs is 3. The van der Waals surface area contributed by atoms with Gasteiger partial charge in [-0.3, -0.25) is 0 Å². The first kappa shape index (κ1) is 10.6. The van der Waals surface area contributed by atoms with Gasteiger partial charge in [0.2, 0.25) is 0 Å². The highest BCUT2D eigenvalue weighted by atomic mass is 14.2. The van der Waals surface area contributed by atoms with Gasteiger partial charge < -0.3 is 0 Å². The van der Waals surface area contributed by atoms with E-state index in [1.807, 2.05) is 6.08 Å². The molecule has 0 heteroatoms. The van der Waals surface area contributed by atoms with Crippen LogP contribution in [0.5, 0.6) is 0 Å². The van der Waals surface area contributed by atoms with Gasteiger partial charge in [-0.05, 0) is 45.0 Å². The first-order valence-electron chi connectivity index (χ1n) is 6.65. The average molecular weight is 242 g/mol. The van der Waals surface area contributed by atoms with Gasteiger partial charge in [0.25, 0.3) is 0 Å². The van der Waals surface area contributed by atoms with Crippen LogP contribution < -0.4 is 0 Å². The van der Waals surface area contributed by atoms with E-state index in [4.69, 9.17) is 0 Å². The van der Waals surface area contributed by atoms with Crippen LogP contribution in [-0.2, 0) is 6.42 Å². The molecule has 19 heavy (non-hydrogen) atoms. The van der Waals surface area contributed by atoms with Crippen molar-refractivity contribution in [1.29, 1.82) is 0 Å². The largest absolute Gasteiger partial charge is 0.103 e. The molecule has 4 rings (SSSR count). The Morgan fingerprint density at radius 3 is 2.32 bits per heavy atom. The van der Waals surface area contributed by atoms with Crippen molar-refractivity contribution in [2.45, 2.75) is 6.42 Å². The summed E-state index contributed by atoms with van der Waals surface area (Å²) in [6.07, 6.45) is 2.90. The van der Waals surface area contributed by atoms with E-state index < -0.39 is 0 Å². The SMILES string of the molecule is C=CCc1cc2c3c(cccc3c1)-c1ccccc1-2. The van der Waals surface area contributed by atoms with Gasteiger partial charge in [-0.15, -0.1) is 6.58 Å². The van der Waals surface area contributed by atoms with E-state index in [9.17, 15) is 0 Å². The van der Waals surface area contributed by atoms with Crippen molar-refractivity contribution in [3.8, 4) is 22.3 Å². The predicted molar refractivity (Wildman–Crippen MR) is 82.3 cm³/mol. The molecule has 1 aliphatic carbocycles. The molecule has 0 amide bonds. The molecule has 0 saturated heterocycles. The van der Waals surface area contributed by atoms with E-state index in [0.29, 0.717) is 0 Å². The van der Waals surface area contributed by atoms with Crippen LogP contribution in [0.25, 0.3) is 33.0 Å². The molecule has 0 aliphatic heterocycles. The van der Waals surface area contributed by atoms with Crippen LogP contribution in [0.1, 0.15) is 5.56 Å². The summed E-state index contributed by atoms with van der Waals surface area (Å²) in [4.78, 5) is 0. The maximum atomic E-state index is 3.85. The summed E-state index contributed by atoms with van der Waals surface area (Å²) in [5.74, 6) is 0. The van der Waals surface area contributed by atoms with Crippen molar-refractivity contribution >= 4 is 10.8 Å². The third-order valence-electron chi connectivity index (χ3n) is 3.92. The molecule has 3 aromatic carbocycles. The van der Waals surface area contributed by atoms with Crippen molar-refractivity contribution in [3.05, 3.63) is 72.8 Å². The summed E-state index contributed by atoms with van der Waals surface area (Å²) in [5.41, 5.74) is 6.80. The van der Waals surface area contributed by atoms with Gasteiger partial charge in [-0.1, -0.05) is 60.7 Å². The first-order chi connectivity index (χ1) is 9.38. The predicted octanol–water partition coefficient (Wildman–Crippen LogP) is 5.22. The van der Waals surface area contributed by atoms with Crippen molar-refractivity contribution in [3.63, 3.8) is 0 Å². The van der Waals surface area contributed by atoms with Gasteiger partial charge in [0.1, 0.15) is 0 Å². The lowest BCUT2D eigenvalue weighted by Gasteiger charge is -2.05. The topological polar surface area (TPSA) is 0 Å². The zero-order valence-electron chi connectivity index (χ0n) is 10.7. The minimum atomic E-state index is 0.926. The van der Waals surface area contributed by atoms with E-state index in [0.717, 1.165) is 6.42 Å². The van der Waals surface area contributed by atoms with E-state index in [1.165, 1.54) is 38.6 Å². The summed E-state index contributed by atoms with van der Waals surface area (Å²) < 4.78 is 0. The molecule has 0 spiro atoms. The molecule has 0 nitrogen and oxygen atoms in total. The van der Waals surface area contributed by atoms with E-state index in [-0.39, 0.29) is 0 Å². The van der Waals surface area contributed by atoms with Crippen LogP contribution in [0, 0.1) is 0 Å². The smallest absolute Gasteiger partial charge is 0.00262 e. The Morgan fingerprint density at radius 2 is 1.53 bits per heavy atom. The molecule has 0 N–H and O–H groups in total. The second-order valence-electron chi connectivity index (χ2n) is 5.09. The third kappa shape index (κ3) is 1.40. The Hall–Kier alpha value is -2.34. The molecule has 1 aliphatic rings. The number of rotatable bonds is 2. The minimum absolute atomic E-state index is 0.926. The van der Waals surface area contributed by atoms with Crippen molar-refractivity contribution in [2.75, 3.05) is 0 Å². The average Bonchev–Trinajstić information content (AvgIpc) is 2.77. The van der Waals surface area contributed by atoms with Gasteiger partial charge in [0.15, 0.2) is 0 Å². The lowest BCUT2D eigenvalue weighted by molar-refractivity contribution is 1.29.